The van der Waals surface area contributed by atoms with Crippen LogP contribution in [0.25, 0.3) is 0 Å². The molecule has 0 bridgehead atoms. The van der Waals surface area contributed by atoms with Gasteiger partial charge in [0.05, 0.1) is 6.10 Å². The smallest absolute Gasteiger partial charge is 0.0713 e. The number of aliphatic hydroxyl groups is 1. The zero-order chi connectivity index (χ0) is 9.68. The minimum absolute atomic E-state index is 0.282. The molecule has 0 saturated carbocycles. The molecule has 4 heteroatoms. The molecule has 0 radical (unpaired) electrons. The van der Waals surface area contributed by atoms with Crippen molar-refractivity contribution < 1.29 is 5.11 Å². The van der Waals surface area contributed by atoms with Crippen LogP contribution in [0.3, 0.4) is 0 Å². The number of hydrogen-bond acceptors (Lipinski definition) is 3. The van der Waals surface area contributed by atoms with E-state index in [0.29, 0.717) is 6.54 Å². The molecule has 2 N–H and O–H groups in total. The lowest BCUT2D eigenvalue weighted by molar-refractivity contribution is 0.173. The van der Waals surface area contributed by atoms with E-state index in [2.05, 4.69) is 21.2 Å². The summed E-state index contributed by atoms with van der Waals surface area (Å²) in [5, 5.41) is 14.7. The van der Waals surface area contributed by atoms with Gasteiger partial charge in [0.15, 0.2) is 0 Å². The third kappa shape index (κ3) is 3.77. The molecule has 0 aliphatic carbocycles. The highest BCUT2D eigenvalue weighted by Crippen LogP contribution is 2.23. The Balaban J connectivity index is 2.36. The normalized spacial score (nSPS) is 13.2. The molecular formula is C9H14BrNOS. The average Bonchev–Trinajstić information content (AvgIpc) is 2.48. The van der Waals surface area contributed by atoms with E-state index >= 15 is 0 Å². The van der Waals surface area contributed by atoms with Gasteiger partial charge in [-0.2, -0.15) is 0 Å². The first-order chi connectivity index (χ1) is 6.24. The fourth-order valence-electron chi connectivity index (χ4n) is 1.07. The second-order valence-electron chi connectivity index (χ2n) is 2.86. The summed E-state index contributed by atoms with van der Waals surface area (Å²) in [6.07, 6.45) is 0.445. The van der Waals surface area contributed by atoms with E-state index in [1.165, 1.54) is 4.88 Å². The Morgan fingerprint density at radius 1 is 1.69 bits per heavy atom. The maximum atomic E-state index is 9.60. The number of rotatable bonds is 5. The highest BCUT2D eigenvalue weighted by Gasteiger charge is 2.08. The van der Waals surface area contributed by atoms with E-state index < -0.39 is 0 Å². The molecule has 0 spiro atoms. The van der Waals surface area contributed by atoms with Gasteiger partial charge >= 0.3 is 0 Å². The zero-order valence-electron chi connectivity index (χ0n) is 7.59. The van der Waals surface area contributed by atoms with Gasteiger partial charge in [-0.1, -0.05) is 6.92 Å². The van der Waals surface area contributed by atoms with Gasteiger partial charge in [-0.15, -0.1) is 11.3 Å². The first-order valence-electron chi connectivity index (χ1n) is 4.34. The first-order valence-corrected chi connectivity index (χ1v) is 6.02. The molecule has 1 atom stereocenters. The summed E-state index contributed by atoms with van der Waals surface area (Å²) in [7, 11) is 0. The fraction of sp³-hybridized carbons (Fsp3) is 0.556. The predicted molar refractivity (Wildman–Crippen MR) is 60.3 cm³/mol. The summed E-state index contributed by atoms with van der Waals surface area (Å²) >= 11 is 5.12. The lowest BCUT2D eigenvalue weighted by Gasteiger charge is -2.09. The molecule has 1 heterocycles. The minimum atomic E-state index is -0.282. The molecule has 74 valence electrons. The lowest BCUT2D eigenvalue weighted by Crippen LogP contribution is -2.27. The van der Waals surface area contributed by atoms with Crippen molar-refractivity contribution in [2.24, 2.45) is 0 Å². The quantitative estimate of drug-likeness (QED) is 0.852. The SMILES string of the molecule is CCNCC(O)Cc1sccc1Br. The molecule has 1 rings (SSSR count). The van der Waals surface area contributed by atoms with Crippen LogP contribution in [0.4, 0.5) is 0 Å². The maximum absolute atomic E-state index is 9.60. The summed E-state index contributed by atoms with van der Waals surface area (Å²) in [6.45, 7) is 3.61. The summed E-state index contributed by atoms with van der Waals surface area (Å²) < 4.78 is 1.10. The standard InChI is InChI=1S/C9H14BrNOS/c1-2-11-6-7(12)5-9-8(10)3-4-13-9/h3-4,7,11-12H,2,5-6H2,1H3. The van der Waals surface area contributed by atoms with E-state index in [1.807, 2.05) is 18.4 Å². The molecule has 1 aromatic heterocycles. The number of likely N-dealkylation sites (N-methyl/N-ethyl adjacent to an activating group) is 1. The molecule has 1 unspecified atom stereocenters. The third-order valence-electron chi connectivity index (χ3n) is 1.74. The van der Waals surface area contributed by atoms with Crippen LogP contribution in [-0.4, -0.2) is 24.3 Å². The maximum Gasteiger partial charge on any atom is 0.0713 e. The molecule has 0 aliphatic rings. The second kappa shape index (κ2) is 5.75. The Morgan fingerprint density at radius 2 is 2.46 bits per heavy atom. The van der Waals surface area contributed by atoms with Crippen molar-refractivity contribution >= 4 is 27.3 Å². The van der Waals surface area contributed by atoms with Crippen LogP contribution in [0.1, 0.15) is 11.8 Å². The lowest BCUT2D eigenvalue weighted by atomic mass is 10.2. The van der Waals surface area contributed by atoms with Crippen LogP contribution >= 0.6 is 27.3 Å². The number of aliphatic hydroxyl groups excluding tert-OH is 1. The number of halogens is 1. The van der Waals surface area contributed by atoms with Crippen molar-refractivity contribution in [3.8, 4) is 0 Å². The Hall–Kier alpha value is 0.100. The van der Waals surface area contributed by atoms with E-state index in [-0.39, 0.29) is 6.10 Å². The molecule has 13 heavy (non-hydrogen) atoms. The van der Waals surface area contributed by atoms with Crippen LogP contribution < -0.4 is 5.32 Å². The summed E-state index contributed by atoms with van der Waals surface area (Å²) in [6, 6.07) is 2.01. The highest BCUT2D eigenvalue weighted by molar-refractivity contribution is 9.10. The van der Waals surface area contributed by atoms with Crippen molar-refractivity contribution in [3.05, 3.63) is 20.8 Å². The van der Waals surface area contributed by atoms with Crippen molar-refractivity contribution in [1.29, 1.82) is 0 Å². The monoisotopic (exact) mass is 263 g/mol. The molecule has 1 aromatic rings. The highest BCUT2D eigenvalue weighted by atomic mass is 79.9. The van der Waals surface area contributed by atoms with E-state index in [0.717, 1.165) is 17.4 Å². The predicted octanol–water partition coefficient (Wildman–Crippen LogP) is 2.02. The summed E-state index contributed by atoms with van der Waals surface area (Å²) in [4.78, 5) is 1.21. The molecule has 0 saturated heterocycles. The first kappa shape index (κ1) is 11.2. The van der Waals surface area contributed by atoms with Crippen LogP contribution in [0, 0.1) is 0 Å². The molecule has 0 amide bonds. The van der Waals surface area contributed by atoms with Crippen molar-refractivity contribution in [3.63, 3.8) is 0 Å². The Morgan fingerprint density at radius 3 is 3.00 bits per heavy atom. The van der Waals surface area contributed by atoms with Crippen LogP contribution in [-0.2, 0) is 6.42 Å². The van der Waals surface area contributed by atoms with Gasteiger partial charge in [0.2, 0.25) is 0 Å². The Kier molecular flexibility index (Phi) is 4.94. The van der Waals surface area contributed by atoms with Gasteiger partial charge in [-0.3, -0.25) is 0 Å². The van der Waals surface area contributed by atoms with E-state index in [1.54, 1.807) is 11.3 Å². The second-order valence-corrected chi connectivity index (χ2v) is 4.71. The molecular weight excluding hydrogens is 250 g/mol. The minimum Gasteiger partial charge on any atom is -0.391 e. The average molecular weight is 264 g/mol. The van der Waals surface area contributed by atoms with Gasteiger partial charge in [-0.05, 0) is 33.9 Å². The van der Waals surface area contributed by atoms with Crippen molar-refractivity contribution in [2.45, 2.75) is 19.4 Å². The van der Waals surface area contributed by atoms with Gasteiger partial charge in [0.1, 0.15) is 0 Å². The zero-order valence-corrected chi connectivity index (χ0v) is 9.99. The number of hydrogen-bond donors (Lipinski definition) is 2. The topological polar surface area (TPSA) is 32.3 Å². The van der Waals surface area contributed by atoms with Crippen LogP contribution in [0.15, 0.2) is 15.9 Å². The van der Waals surface area contributed by atoms with Gasteiger partial charge < -0.3 is 10.4 Å². The Labute approximate surface area is 91.1 Å². The van der Waals surface area contributed by atoms with Gasteiger partial charge in [-0.25, -0.2) is 0 Å². The summed E-state index contributed by atoms with van der Waals surface area (Å²) in [5.41, 5.74) is 0. The van der Waals surface area contributed by atoms with Crippen LogP contribution in [0.2, 0.25) is 0 Å². The molecule has 0 aromatic carbocycles. The molecule has 0 aliphatic heterocycles. The molecule has 0 fully saturated rings. The fourth-order valence-corrected chi connectivity index (χ4v) is 2.65. The largest absolute Gasteiger partial charge is 0.391 e. The number of nitrogens with one attached hydrogen (secondary N) is 1. The molecule has 2 nitrogen and oxygen atoms in total. The number of thiophene rings is 1. The Bertz CT molecular complexity index is 252. The van der Waals surface area contributed by atoms with E-state index in [9.17, 15) is 5.11 Å². The third-order valence-corrected chi connectivity index (χ3v) is 3.69. The van der Waals surface area contributed by atoms with Gasteiger partial charge in [0, 0.05) is 22.3 Å². The summed E-state index contributed by atoms with van der Waals surface area (Å²) in [5.74, 6) is 0. The van der Waals surface area contributed by atoms with Crippen molar-refractivity contribution in [1.82, 2.24) is 5.32 Å². The van der Waals surface area contributed by atoms with Gasteiger partial charge in [0.25, 0.3) is 0 Å². The van der Waals surface area contributed by atoms with Crippen molar-refractivity contribution in [2.75, 3.05) is 13.1 Å². The van der Waals surface area contributed by atoms with Crippen LogP contribution in [0.5, 0.6) is 0 Å². The van der Waals surface area contributed by atoms with E-state index in [4.69, 9.17) is 0 Å².